The summed E-state index contributed by atoms with van der Waals surface area (Å²) in [4.78, 5) is 101. The lowest BCUT2D eigenvalue weighted by atomic mass is 9.74. The molecule has 0 aliphatic heterocycles. The molecular formula is C54H77Cl3N2O14. The summed E-state index contributed by atoms with van der Waals surface area (Å²) in [6, 6.07) is 14.1. The summed E-state index contributed by atoms with van der Waals surface area (Å²) >= 11 is 18.5. The van der Waals surface area contributed by atoms with Crippen molar-refractivity contribution in [3.8, 4) is 0 Å². The first kappa shape index (κ1) is 64.2. The maximum atomic E-state index is 13.2. The zero-order chi connectivity index (χ0) is 55.8. The number of amides is 2. The van der Waals surface area contributed by atoms with Gasteiger partial charge in [0.15, 0.2) is 17.1 Å². The normalized spacial score (nSPS) is 19.5. The zero-order valence-corrected chi connectivity index (χ0v) is 47.2. The maximum absolute atomic E-state index is 13.2. The number of halogens is 3. The Balaban J connectivity index is 0.000000417. The number of Topliss-reactive ketones (excluding diaryl/α,β-unsaturated/α-hetero) is 2. The van der Waals surface area contributed by atoms with Gasteiger partial charge in [0.2, 0.25) is 6.29 Å². The lowest BCUT2D eigenvalue weighted by Gasteiger charge is -2.43. The highest BCUT2D eigenvalue weighted by atomic mass is 35.5. The fraction of sp³-hybridized carbons (Fsp3) is 0.630. The van der Waals surface area contributed by atoms with E-state index in [2.05, 4.69) is 0 Å². The summed E-state index contributed by atoms with van der Waals surface area (Å²) < 4.78 is 26.2. The highest BCUT2D eigenvalue weighted by Gasteiger charge is 2.50. The predicted octanol–water partition coefficient (Wildman–Crippen LogP) is 12.0. The Morgan fingerprint density at radius 2 is 0.973 bits per heavy atom. The van der Waals surface area contributed by atoms with Crippen molar-refractivity contribution in [1.82, 2.24) is 9.80 Å². The minimum Gasteiger partial charge on any atom is -0.481 e. The van der Waals surface area contributed by atoms with Crippen molar-refractivity contribution in [1.29, 1.82) is 0 Å². The van der Waals surface area contributed by atoms with Crippen LogP contribution in [0.5, 0.6) is 0 Å². The first-order valence-corrected chi connectivity index (χ1v) is 25.9. The molecule has 0 radical (unpaired) electrons. The van der Waals surface area contributed by atoms with Gasteiger partial charge < -0.3 is 28.8 Å². The van der Waals surface area contributed by atoms with Crippen molar-refractivity contribution in [2.75, 3.05) is 14.1 Å². The van der Waals surface area contributed by atoms with Gasteiger partial charge in [0, 0.05) is 55.0 Å². The number of carbonyl (C=O) groups excluding carboxylic acids is 7. The number of nitrogens with zero attached hydrogens (tertiary/aromatic N) is 2. The Morgan fingerprint density at radius 3 is 1.30 bits per heavy atom. The maximum Gasteiger partial charge on any atom is 0.413 e. The summed E-state index contributed by atoms with van der Waals surface area (Å²) in [7, 11) is 3.05. The minimum atomic E-state index is -1.27. The van der Waals surface area contributed by atoms with E-state index >= 15 is 0 Å². The number of esters is 3. The molecular weight excluding hydrogens is 1010 g/mol. The molecule has 408 valence electrons. The van der Waals surface area contributed by atoms with E-state index in [0.29, 0.717) is 46.9 Å². The van der Waals surface area contributed by atoms with E-state index < -0.39 is 82.0 Å². The molecule has 16 nitrogen and oxygen atoms in total. The van der Waals surface area contributed by atoms with E-state index in [9.17, 15) is 38.4 Å². The standard InChI is InChI=1S/C27H38ClNO7.C16H19Cl2NO3.C11H20O4/c1-17(2)19(16-23(31)36-26(4,5)6)24(32)34-18(3)35-25(33)29(7)27(15-11-10-14-22(27)30)20-12-8-9-13-21(20)28;1-11(17)22-15(21)19(2)16(10-6-5-9-14(16)20)12-7-3-4-8-13(12)18;1-7(2)8(10(13)14)6-9(12)15-11(3,4)5/h8-9,12-13,17-19H,10-11,14-16H2,1-7H3;3-4,7-8,11H,5-6,9-10H2,1-2H3;7-8H,6H2,1-5H3,(H,13,14)/t18?,19-,27-;11?,16-;8-/m000/s1. The monoisotopic (exact) mass is 1080 g/mol. The van der Waals surface area contributed by atoms with Crippen molar-refractivity contribution in [2.24, 2.45) is 23.7 Å². The summed E-state index contributed by atoms with van der Waals surface area (Å²) in [5, 5.41) is 9.74. The van der Waals surface area contributed by atoms with Crippen LogP contribution in [-0.4, -0.2) is 99.7 Å². The number of hydrogen-bond donors (Lipinski definition) is 1. The summed E-state index contributed by atoms with van der Waals surface area (Å²) in [6.45, 7) is 20.6. The van der Waals surface area contributed by atoms with Gasteiger partial charge in [-0.3, -0.25) is 38.6 Å². The zero-order valence-electron chi connectivity index (χ0n) is 44.9. The molecule has 0 spiro atoms. The third-order valence-corrected chi connectivity index (χ3v) is 13.0. The van der Waals surface area contributed by atoms with E-state index in [1.54, 1.807) is 126 Å². The minimum absolute atomic E-state index is 0.0199. The van der Waals surface area contributed by atoms with Crippen LogP contribution >= 0.6 is 34.8 Å². The number of benzene rings is 2. The van der Waals surface area contributed by atoms with Crippen LogP contribution in [0.2, 0.25) is 10.0 Å². The average Bonchev–Trinajstić information content (AvgIpc) is 3.26. The Bertz CT molecular complexity index is 2240. The Kier molecular flexibility index (Phi) is 24.7. The van der Waals surface area contributed by atoms with E-state index in [-0.39, 0.29) is 36.2 Å². The number of carbonyl (C=O) groups is 8. The van der Waals surface area contributed by atoms with Gasteiger partial charge in [-0.1, -0.05) is 98.9 Å². The lowest BCUT2D eigenvalue weighted by Crippen LogP contribution is -2.55. The molecule has 19 heteroatoms. The molecule has 73 heavy (non-hydrogen) atoms. The number of carboxylic acids is 1. The average molecular weight is 1080 g/mol. The van der Waals surface area contributed by atoms with Crippen molar-refractivity contribution in [3.63, 3.8) is 0 Å². The molecule has 1 N–H and O–H groups in total. The number of ketones is 2. The molecule has 2 aromatic rings. The largest absolute Gasteiger partial charge is 0.481 e. The van der Waals surface area contributed by atoms with Crippen LogP contribution in [0.3, 0.4) is 0 Å². The number of aliphatic carboxylic acids is 1. The molecule has 4 rings (SSSR count). The van der Waals surface area contributed by atoms with Crippen LogP contribution in [0.15, 0.2) is 48.5 Å². The molecule has 2 aliphatic carbocycles. The quantitative estimate of drug-likeness (QED) is 0.0761. The lowest BCUT2D eigenvalue weighted by molar-refractivity contribution is -0.178. The van der Waals surface area contributed by atoms with Crippen molar-refractivity contribution in [3.05, 3.63) is 69.7 Å². The molecule has 0 aromatic heterocycles. The number of ether oxygens (including phenoxy) is 5. The summed E-state index contributed by atoms with van der Waals surface area (Å²) in [5.74, 6) is -4.45. The number of alkyl halides is 1. The molecule has 0 heterocycles. The molecule has 2 amide bonds. The van der Waals surface area contributed by atoms with E-state index in [0.717, 1.165) is 25.7 Å². The molecule has 2 unspecified atom stereocenters. The van der Waals surface area contributed by atoms with Gasteiger partial charge in [0.05, 0.1) is 24.7 Å². The van der Waals surface area contributed by atoms with Crippen LogP contribution in [0.4, 0.5) is 9.59 Å². The van der Waals surface area contributed by atoms with Crippen LogP contribution in [0.1, 0.15) is 158 Å². The van der Waals surface area contributed by atoms with Gasteiger partial charge in [0.25, 0.3) is 0 Å². The molecule has 2 aliphatic rings. The Labute approximate surface area is 446 Å². The van der Waals surface area contributed by atoms with Gasteiger partial charge in [-0.25, -0.2) is 9.59 Å². The van der Waals surface area contributed by atoms with Gasteiger partial charge >= 0.3 is 36.1 Å². The van der Waals surface area contributed by atoms with Crippen molar-refractivity contribution in [2.45, 2.75) is 181 Å². The van der Waals surface area contributed by atoms with Crippen LogP contribution in [0.25, 0.3) is 0 Å². The predicted molar refractivity (Wildman–Crippen MR) is 278 cm³/mol. The van der Waals surface area contributed by atoms with E-state index in [1.807, 2.05) is 6.07 Å². The van der Waals surface area contributed by atoms with Gasteiger partial charge in [0.1, 0.15) is 22.3 Å². The van der Waals surface area contributed by atoms with Gasteiger partial charge in [-0.05, 0) is 111 Å². The third-order valence-electron chi connectivity index (χ3n) is 12.3. The van der Waals surface area contributed by atoms with Gasteiger partial charge in [-0.2, -0.15) is 0 Å². The topological polar surface area (TPSA) is 209 Å². The van der Waals surface area contributed by atoms with Crippen molar-refractivity contribution < 1.29 is 67.1 Å². The molecule has 2 saturated carbocycles. The first-order chi connectivity index (χ1) is 33.7. The molecule has 0 bridgehead atoms. The Morgan fingerprint density at radius 1 is 0.603 bits per heavy atom. The van der Waals surface area contributed by atoms with Crippen LogP contribution in [0, 0.1) is 23.7 Å². The molecule has 2 aromatic carbocycles. The number of carboxylic acid groups (broad SMARTS) is 1. The van der Waals surface area contributed by atoms with Crippen LogP contribution < -0.4 is 0 Å². The second-order valence-corrected chi connectivity index (χ2v) is 22.4. The van der Waals surface area contributed by atoms with Gasteiger partial charge in [-0.15, -0.1) is 0 Å². The van der Waals surface area contributed by atoms with E-state index in [4.69, 9.17) is 63.6 Å². The van der Waals surface area contributed by atoms with Crippen molar-refractivity contribution >= 4 is 82.4 Å². The van der Waals surface area contributed by atoms with Crippen LogP contribution in [-0.2, 0) is 63.5 Å². The smallest absolute Gasteiger partial charge is 0.413 e. The Hall–Kier alpha value is -4.93. The van der Waals surface area contributed by atoms with E-state index in [1.165, 1.54) is 23.8 Å². The molecule has 6 atom stereocenters. The fourth-order valence-electron chi connectivity index (χ4n) is 8.61. The fourth-order valence-corrected chi connectivity index (χ4v) is 9.27. The second-order valence-electron chi connectivity index (χ2n) is 21.0. The molecule has 2 fully saturated rings. The molecule has 0 saturated heterocycles. The summed E-state index contributed by atoms with van der Waals surface area (Å²) in [5.41, 5.74) is -3.17. The number of rotatable bonds is 15. The SMILES string of the molecule is CC(C)[C@H](CC(=O)OC(C)(C)C)C(=O)O.CC(Cl)OC(=O)N(C)[C@]1(c2ccccc2Cl)CCCCC1=O.CC(OC(=O)[C@@H](CC(=O)OC(C)(C)C)C(C)C)OC(=O)N(C)[C@]1(c2ccccc2Cl)CCCCC1=O. The highest BCUT2D eigenvalue weighted by Crippen LogP contribution is 2.44. The number of likely N-dealkylation sites (N-methyl/N-ethyl adjacent to an activating group) is 2. The number of hydrogen-bond acceptors (Lipinski definition) is 13. The third kappa shape index (κ3) is 18.7. The first-order valence-electron chi connectivity index (χ1n) is 24.7. The highest BCUT2D eigenvalue weighted by molar-refractivity contribution is 6.32. The second kappa shape index (κ2) is 28.1. The summed E-state index contributed by atoms with van der Waals surface area (Å²) in [6.07, 6.45) is 1.88.